The van der Waals surface area contributed by atoms with Gasteiger partial charge in [0.2, 0.25) is 5.43 Å². The van der Waals surface area contributed by atoms with E-state index in [1.807, 2.05) is 24.3 Å². The van der Waals surface area contributed by atoms with E-state index in [9.17, 15) is 9.59 Å². The van der Waals surface area contributed by atoms with Gasteiger partial charge in [-0.1, -0.05) is 12.1 Å². The quantitative estimate of drug-likeness (QED) is 0.726. The second kappa shape index (κ2) is 3.71. The number of hydrogen-bond acceptors (Lipinski definition) is 3. The standard InChI is InChI=1S/C14H11NO4/c1-7-10(14(17)18)12(16)11-13(19-7)8-5-3-4-6-9(8)15(11)2/h3-6H,1-2H3,(H,17,18). The van der Waals surface area contributed by atoms with Crippen LogP contribution in [-0.2, 0) is 7.05 Å². The third-order valence-electron chi connectivity index (χ3n) is 3.32. The van der Waals surface area contributed by atoms with Gasteiger partial charge in [0.05, 0.1) is 5.52 Å². The molecule has 0 aliphatic carbocycles. The lowest BCUT2D eigenvalue weighted by Gasteiger charge is -2.01. The zero-order valence-electron chi connectivity index (χ0n) is 10.4. The number of rotatable bonds is 1. The summed E-state index contributed by atoms with van der Waals surface area (Å²) >= 11 is 0. The van der Waals surface area contributed by atoms with Crippen LogP contribution in [0.2, 0.25) is 0 Å². The van der Waals surface area contributed by atoms with E-state index in [0.29, 0.717) is 5.58 Å². The Hall–Kier alpha value is -2.56. The van der Waals surface area contributed by atoms with Gasteiger partial charge in [0.25, 0.3) is 0 Å². The van der Waals surface area contributed by atoms with Crippen LogP contribution in [0.4, 0.5) is 0 Å². The van der Waals surface area contributed by atoms with Gasteiger partial charge < -0.3 is 14.1 Å². The Bertz CT molecular complexity index is 886. The van der Waals surface area contributed by atoms with E-state index in [4.69, 9.17) is 9.52 Å². The van der Waals surface area contributed by atoms with Crippen molar-refractivity contribution in [2.45, 2.75) is 6.92 Å². The average molecular weight is 257 g/mol. The van der Waals surface area contributed by atoms with Gasteiger partial charge in [-0.25, -0.2) is 4.79 Å². The van der Waals surface area contributed by atoms with Crippen molar-refractivity contribution in [1.82, 2.24) is 4.57 Å². The zero-order chi connectivity index (χ0) is 13.7. The molecular weight excluding hydrogens is 246 g/mol. The summed E-state index contributed by atoms with van der Waals surface area (Å²) < 4.78 is 7.24. The summed E-state index contributed by atoms with van der Waals surface area (Å²) in [5.74, 6) is -1.14. The molecule has 0 spiro atoms. The molecule has 19 heavy (non-hydrogen) atoms. The Labute approximate surface area is 107 Å². The van der Waals surface area contributed by atoms with E-state index in [-0.39, 0.29) is 16.8 Å². The van der Waals surface area contributed by atoms with Gasteiger partial charge in [0.1, 0.15) is 16.8 Å². The summed E-state index contributed by atoms with van der Waals surface area (Å²) in [5.41, 5.74) is 0.735. The summed E-state index contributed by atoms with van der Waals surface area (Å²) in [5, 5.41) is 9.91. The number of aromatic carboxylic acids is 1. The zero-order valence-corrected chi connectivity index (χ0v) is 10.4. The topological polar surface area (TPSA) is 72.4 Å². The first kappa shape index (κ1) is 11.5. The fraction of sp³-hybridized carbons (Fsp3) is 0.143. The van der Waals surface area contributed by atoms with E-state index >= 15 is 0 Å². The minimum atomic E-state index is -1.27. The molecule has 0 bridgehead atoms. The molecule has 1 N–H and O–H groups in total. The minimum Gasteiger partial charge on any atom is -0.477 e. The molecule has 0 saturated carbocycles. The molecule has 0 fully saturated rings. The highest BCUT2D eigenvalue weighted by atomic mass is 16.4. The SMILES string of the molecule is Cc1oc2c3ccccc3n(C)c2c(=O)c1C(=O)O. The van der Waals surface area contributed by atoms with E-state index in [2.05, 4.69) is 0 Å². The molecule has 2 heterocycles. The molecule has 3 rings (SSSR count). The summed E-state index contributed by atoms with van der Waals surface area (Å²) in [6, 6.07) is 7.42. The Balaban J connectivity index is 2.65. The summed E-state index contributed by atoms with van der Waals surface area (Å²) in [6.45, 7) is 1.49. The molecule has 0 aliphatic rings. The highest BCUT2D eigenvalue weighted by molar-refractivity contribution is 6.06. The number of fused-ring (bicyclic) bond motifs is 3. The summed E-state index contributed by atoms with van der Waals surface area (Å²) in [7, 11) is 1.72. The lowest BCUT2D eigenvalue weighted by atomic mass is 10.2. The number of carboxylic acid groups (broad SMARTS) is 1. The number of aryl methyl sites for hydroxylation is 2. The largest absolute Gasteiger partial charge is 0.477 e. The highest BCUT2D eigenvalue weighted by Gasteiger charge is 2.21. The van der Waals surface area contributed by atoms with E-state index in [1.54, 1.807) is 11.6 Å². The van der Waals surface area contributed by atoms with Crippen molar-refractivity contribution >= 4 is 28.0 Å². The molecule has 2 aromatic heterocycles. The maximum atomic E-state index is 12.3. The van der Waals surface area contributed by atoms with Crippen LogP contribution >= 0.6 is 0 Å². The normalized spacial score (nSPS) is 11.3. The van der Waals surface area contributed by atoms with Gasteiger partial charge in [0.15, 0.2) is 5.58 Å². The Morgan fingerprint density at radius 1 is 1.32 bits per heavy atom. The van der Waals surface area contributed by atoms with Crippen LogP contribution in [0.15, 0.2) is 33.5 Å². The van der Waals surface area contributed by atoms with Crippen molar-refractivity contribution in [2.24, 2.45) is 7.05 Å². The molecular formula is C14H11NO4. The Kier molecular flexibility index (Phi) is 2.25. The number of carboxylic acids is 1. The Morgan fingerprint density at radius 2 is 2.00 bits per heavy atom. The smallest absolute Gasteiger partial charge is 0.343 e. The number of para-hydroxylation sites is 1. The van der Waals surface area contributed by atoms with Crippen molar-refractivity contribution in [3.8, 4) is 0 Å². The molecule has 0 atom stereocenters. The predicted octanol–water partition coefficient (Wildman–Crippen LogP) is 2.29. The lowest BCUT2D eigenvalue weighted by Crippen LogP contribution is -2.18. The van der Waals surface area contributed by atoms with Crippen molar-refractivity contribution in [3.05, 3.63) is 45.8 Å². The molecule has 0 aliphatic heterocycles. The van der Waals surface area contributed by atoms with Crippen LogP contribution < -0.4 is 5.43 Å². The molecule has 3 aromatic rings. The van der Waals surface area contributed by atoms with Gasteiger partial charge in [0, 0.05) is 12.4 Å². The van der Waals surface area contributed by atoms with Crippen molar-refractivity contribution in [2.75, 3.05) is 0 Å². The first-order chi connectivity index (χ1) is 9.02. The number of hydrogen-bond donors (Lipinski definition) is 1. The third kappa shape index (κ3) is 1.41. The van der Waals surface area contributed by atoms with E-state index in [1.165, 1.54) is 6.92 Å². The first-order valence-electron chi connectivity index (χ1n) is 5.76. The molecule has 5 nitrogen and oxygen atoms in total. The summed E-state index contributed by atoms with van der Waals surface area (Å²) in [6.07, 6.45) is 0. The molecule has 1 aromatic carbocycles. The maximum Gasteiger partial charge on any atom is 0.343 e. The molecule has 0 unspecified atom stereocenters. The van der Waals surface area contributed by atoms with Gasteiger partial charge in [-0.15, -0.1) is 0 Å². The number of carbonyl (C=O) groups is 1. The Morgan fingerprint density at radius 3 is 2.68 bits per heavy atom. The predicted molar refractivity (Wildman–Crippen MR) is 70.7 cm³/mol. The van der Waals surface area contributed by atoms with Crippen LogP contribution in [-0.4, -0.2) is 15.6 Å². The molecule has 0 amide bonds. The average Bonchev–Trinajstić information content (AvgIpc) is 2.63. The van der Waals surface area contributed by atoms with Gasteiger partial charge in [-0.05, 0) is 19.1 Å². The van der Waals surface area contributed by atoms with E-state index < -0.39 is 11.4 Å². The van der Waals surface area contributed by atoms with Crippen LogP contribution in [0.1, 0.15) is 16.1 Å². The van der Waals surface area contributed by atoms with E-state index in [0.717, 1.165) is 10.9 Å². The molecule has 0 saturated heterocycles. The second-order valence-corrected chi connectivity index (χ2v) is 4.42. The maximum absolute atomic E-state index is 12.3. The molecule has 96 valence electrons. The fourth-order valence-corrected chi connectivity index (χ4v) is 2.45. The fourth-order valence-electron chi connectivity index (χ4n) is 2.45. The van der Waals surface area contributed by atoms with Crippen LogP contribution in [0, 0.1) is 6.92 Å². The summed E-state index contributed by atoms with van der Waals surface area (Å²) in [4.78, 5) is 23.5. The molecule has 0 radical (unpaired) electrons. The second-order valence-electron chi connectivity index (χ2n) is 4.42. The number of aromatic nitrogens is 1. The van der Waals surface area contributed by atoms with Gasteiger partial charge in [-0.3, -0.25) is 4.79 Å². The highest BCUT2D eigenvalue weighted by Crippen LogP contribution is 2.27. The lowest BCUT2D eigenvalue weighted by molar-refractivity contribution is 0.0692. The van der Waals surface area contributed by atoms with Crippen molar-refractivity contribution in [3.63, 3.8) is 0 Å². The van der Waals surface area contributed by atoms with Crippen LogP contribution in [0.25, 0.3) is 22.0 Å². The first-order valence-corrected chi connectivity index (χ1v) is 5.76. The van der Waals surface area contributed by atoms with Gasteiger partial charge in [-0.2, -0.15) is 0 Å². The molecule has 5 heteroatoms. The minimum absolute atomic E-state index is 0.126. The monoisotopic (exact) mass is 257 g/mol. The number of benzene rings is 1. The van der Waals surface area contributed by atoms with Crippen molar-refractivity contribution < 1.29 is 14.3 Å². The van der Waals surface area contributed by atoms with Crippen LogP contribution in [0.3, 0.4) is 0 Å². The van der Waals surface area contributed by atoms with Crippen LogP contribution in [0.5, 0.6) is 0 Å². The number of nitrogens with zero attached hydrogens (tertiary/aromatic N) is 1. The third-order valence-corrected chi connectivity index (χ3v) is 3.32. The van der Waals surface area contributed by atoms with Crippen molar-refractivity contribution in [1.29, 1.82) is 0 Å². The van der Waals surface area contributed by atoms with Gasteiger partial charge >= 0.3 is 5.97 Å².